The van der Waals surface area contributed by atoms with Crippen molar-refractivity contribution in [1.82, 2.24) is 0 Å². The Bertz CT molecular complexity index is 1320. The van der Waals surface area contributed by atoms with Gasteiger partial charge < -0.3 is 9.47 Å². The third-order valence-electron chi connectivity index (χ3n) is 10.8. The van der Waals surface area contributed by atoms with Gasteiger partial charge in [0.05, 0.1) is 34.1 Å². The molecular formula is C46H74N2O4S2+2. The first kappa shape index (κ1) is 45.8. The van der Waals surface area contributed by atoms with Gasteiger partial charge in [0.2, 0.25) is 11.0 Å². The van der Waals surface area contributed by atoms with Gasteiger partial charge >= 0.3 is 11.9 Å². The molecule has 2 aromatic heterocycles. The Morgan fingerprint density at radius 1 is 0.481 bits per heavy atom. The van der Waals surface area contributed by atoms with Crippen molar-refractivity contribution in [1.29, 1.82) is 0 Å². The van der Waals surface area contributed by atoms with Crippen LogP contribution in [0, 0.1) is 13.8 Å². The fraction of sp³-hybridized carbons (Fsp3) is 0.696. The van der Waals surface area contributed by atoms with Crippen molar-refractivity contribution < 1.29 is 28.2 Å². The number of unbranched alkanes of at least 4 members (excludes halogenated alkanes) is 20. The predicted octanol–water partition coefficient (Wildman–Crippen LogP) is 12.4. The van der Waals surface area contributed by atoms with Crippen LogP contribution in [-0.2, 0) is 35.4 Å². The average Bonchev–Trinajstić information content (AvgIpc) is 3.72. The van der Waals surface area contributed by atoms with Crippen LogP contribution >= 0.6 is 22.7 Å². The Morgan fingerprint density at radius 3 is 1.09 bits per heavy atom. The second-order valence-electron chi connectivity index (χ2n) is 15.3. The van der Waals surface area contributed by atoms with Crippen LogP contribution in [0.15, 0.2) is 35.3 Å². The zero-order valence-electron chi connectivity index (χ0n) is 34.6. The lowest BCUT2D eigenvalue weighted by atomic mass is 10.1. The minimum absolute atomic E-state index is 0.337. The Hall–Kier alpha value is -2.58. The monoisotopic (exact) mass is 783 g/mol. The number of thiazole rings is 2. The number of nitrogens with zero attached hydrogens (tertiary/aromatic N) is 2. The highest BCUT2D eigenvalue weighted by Gasteiger charge is 2.18. The Morgan fingerprint density at radius 2 is 0.778 bits per heavy atom. The molecule has 0 aliphatic rings. The lowest BCUT2D eigenvalue weighted by molar-refractivity contribution is -0.698. The largest absolute Gasteiger partial charge is 0.462 e. The summed E-state index contributed by atoms with van der Waals surface area (Å²) in [6.45, 7) is 11.7. The van der Waals surface area contributed by atoms with Gasteiger partial charge in [-0.1, -0.05) is 152 Å². The predicted molar refractivity (Wildman–Crippen MR) is 226 cm³/mol. The number of carbonyl (C=O) groups is 2. The van der Waals surface area contributed by atoms with Gasteiger partial charge in [0.25, 0.3) is 0 Å². The highest BCUT2D eigenvalue weighted by Crippen LogP contribution is 2.17. The quantitative estimate of drug-likeness (QED) is 0.0359. The number of hydrogen-bond acceptors (Lipinski definition) is 6. The van der Waals surface area contributed by atoms with E-state index < -0.39 is 0 Å². The molecule has 3 rings (SSSR count). The van der Waals surface area contributed by atoms with Crippen LogP contribution < -0.4 is 9.13 Å². The third-order valence-corrected chi connectivity index (χ3v) is 13.1. The molecule has 302 valence electrons. The Kier molecular flexibility index (Phi) is 24.4. The van der Waals surface area contributed by atoms with Crippen molar-refractivity contribution in [3.8, 4) is 0 Å². The number of rotatable bonds is 32. The maximum atomic E-state index is 12.7. The molecule has 6 nitrogen and oxygen atoms in total. The van der Waals surface area contributed by atoms with Crippen LogP contribution in [-0.4, -0.2) is 25.2 Å². The summed E-state index contributed by atoms with van der Waals surface area (Å²) in [7, 11) is 0. The fourth-order valence-corrected chi connectivity index (χ4v) is 9.11. The molecule has 0 unspecified atom stereocenters. The first-order valence-corrected chi connectivity index (χ1v) is 23.6. The van der Waals surface area contributed by atoms with Gasteiger partial charge in [-0.3, -0.25) is 0 Å². The third kappa shape index (κ3) is 18.4. The highest BCUT2D eigenvalue weighted by molar-refractivity contribution is 7.09. The number of benzene rings is 1. The van der Waals surface area contributed by atoms with Crippen LogP contribution in [0.4, 0.5) is 0 Å². The van der Waals surface area contributed by atoms with E-state index in [1.165, 1.54) is 162 Å². The van der Waals surface area contributed by atoms with Gasteiger partial charge in [0, 0.05) is 39.5 Å². The highest BCUT2D eigenvalue weighted by atomic mass is 32.1. The summed E-state index contributed by atoms with van der Waals surface area (Å²) in [5, 5.41) is 0. The Labute approximate surface area is 337 Å². The zero-order valence-corrected chi connectivity index (χ0v) is 36.2. The SMILES string of the molecule is CCCCCCCCCCCCC[n+]1csc(CCOC(=O)c2ccc(C(=O)OCCc3sc[n+](CCCCCCCCCCCCC)c3C)cc2)c1C. The smallest absolute Gasteiger partial charge is 0.338 e. The number of esters is 2. The van der Waals surface area contributed by atoms with Gasteiger partial charge in [0.15, 0.2) is 11.4 Å². The van der Waals surface area contributed by atoms with Crippen LogP contribution in [0.2, 0.25) is 0 Å². The topological polar surface area (TPSA) is 60.4 Å². The number of carbonyl (C=O) groups excluding carboxylic acids is 2. The van der Waals surface area contributed by atoms with E-state index in [-0.39, 0.29) is 11.9 Å². The maximum Gasteiger partial charge on any atom is 0.338 e. The van der Waals surface area contributed by atoms with Gasteiger partial charge in [0.1, 0.15) is 13.1 Å². The molecule has 1 aromatic carbocycles. The molecule has 0 atom stereocenters. The summed E-state index contributed by atoms with van der Waals surface area (Å²) in [6, 6.07) is 6.60. The van der Waals surface area contributed by atoms with E-state index in [0.717, 1.165) is 13.1 Å². The number of ether oxygens (including phenoxy) is 2. The second-order valence-corrected chi connectivity index (χ2v) is 17.1. The zero-order chi connectivity index (χ0) is 38.6. The molecule has 0 aliphatic carbocycles. The molecule has 2 heterocycles. The van der Waals surface area contributed by atoms with Crippen molar-refractivity contribution in [2.45, 2.75) is 195 Å². The lowest BCUT2D eigenvalue weighted by Gasteiger charge is -2.06. The van der Waals surface area contributed by atoms with Gasteiger partial charge in [-0.2, -0.15) is 9.13 Å². The maximum absolute atomic E-state index is 12.7. The van der Waals surface area contributed by atoms with Crippen LogP contribution in [0.25, 0.3) is 0 Å². The fourth-order valence-electron chi connectivity index (χ4n) is 7.10. The summed E-state index contributed by atoms with van der Waals surface area (Å²) >= 11 is 3.49. The van der Waals surface area contributed by atoms with E-state index >= 15 is 0 Å². The molecule has 0 N–H and O–H groups in total. The van der Waals surface area contributed by atoms with Crippen LogP contribution in [0.3, 0.4) is 0 Å². The summed E-state index contributed by atoms with van der Waals surface area (Å²) in [6.07, 6.45) is 31.2. The first-order valence-electron chi connectivity index (χ1n) is 21.8. The minimum Gasteiger partial charge on any atom is -0.462 e. The minimum atomic E-state index is -0.368. The molecule has 0 aliphatic heterocycles. The number of hydrogen-bond donors (Lipinski definition) is 0. The molecule has 0 amide bonds. The molecule has 0 spiro atoms. The standard InChI is InChI=1S/C46H74N2O4S2/c1-5-7-9-11-13-15-17-19-21-23-25-33-47-37-53-43(39(47)3)31-35-51-45(49)41-27-29-42(30-28-41)46(50)52-36-32-44-40(4)48(38-54-44)34-26-24-22-20-18-16-14-12-10-8-6-2/h27-30,37-38H,5-26,31-36H2,1-4H3/q+2. The molecule has 0 radical (unpaired) electrons. The van der Waals surface area contributed by atoms with Crippen molar-refractivity contribution in [2.75, 3.05) is 13.2 Å². The van der Waals surface area contributed by atoms with Crippen molar-refractivity contribution in [3.63, 3.8) is 0 Å². The molecule has 0 fully saturated rings. The van der Waals surface area contributed by atoms with Gasteiger partial charge in [-0.15, -0.1) is 0 Å². The first-order chi connectivity index (χ1) is 26.4. The summed E-state index contributed by atoms with van der Waals surface area (Å²) in [4.78, 5) is 28.0. The molecule has 8 heteroatoms. The van der Waals surface area contributed by atoms with E-state index in [1.807, 2.05) is 0 Å². The lowest BCUT2D eigenvalue weighted by Crippen LogP contribution is -2.34. The van der Waals surface area contributed by atoms with E-state index in [4.69, 9.17) is 9.47 Å². The molecule has 0 saturated heterocycles. The van der Waals surface area contributed by atoms with Crippen LogP contribution in [0.5, 0.6) is 0 Å². The van der Waals surface area contributed by atoms with Crippen molar-refractivity contribution >= 4 is 34.6 Å². The number of aromatic nitrogens is 2. The van der Waals surface area contributed by atoms with E-state index in [1.54, 1.807) is 46.9 Å². The summed E-state index contributed by atoms with van der Waals surface area (Å²) in [5.74, 6) is -0.736. The van der Waals surface area contributed by atoms with E-state index in [0.29, 0.717) is 37.2 Å². The second kappa shape index (κ2) is 28.8. The van der Waals surface area contributed by atoms with Gasteiger partial charge in [-0.05, 0) is 37.1 Å². The number of aryl methyl sites for hydroxylation is 2. The Balaban J connectivity index is 1.25. The molecule has 3 aromatic rings. The average molecular weight is 783 g/mol. The van der Waals surface area contributed by atoms with E-state index in [9.17, 15) is 9.59 Å². The summed E-state index contributed by atoms with van der Waals surface area (Å²) < 4.78 is 15.9. The molecule has 0 bridgehead atoms. The summed E-state index contributed by atoms with van der Waals surface area (Å²) in [5.41, 5.74) is 7.85. The van der Waals surface area contributed by atoms with Gasteiger partial charge in [-0.25, -0.2) is 9.59 Å². The molecular weight excluding hydrogens is 709 g/mol. The van der Waals surface area contributed by atoms with E-state index in [2.05, 4.69) is 47.9 Å². The van der Waals surface area contributed by atoms with Crippen LogP contribution in [0.1, 0.15) is 197 Å². The molecule has 0 saturated carbocycles. The molecule has 54 heavy (non-hydrogen) atoms. The normalized spacial score (nSPS) is 11.3. The van der Waals surface area contributed by atoms with Crippen molar-refractivity contribution in [2.24, 2.45) is 0 Å². The van der Waals surface area contributed by atoms with Crippen molar-refractivity contribution in [3.05, 3.63) is 67.6 Å².